The summed E-state index contributed by atoms with van der Waals surface area (Å²) in [6.07, 6.45) is 2.88. The number of nitrogens with zero attached hydrogens (tertiary/aromatic N) is 3. The zero-order valence-corrected chi connectivity index (χ0v) is 17.1. The Bertz CT molecular complexity index is 1100. The molecule has 1 saturated carbocycles. The van der Waals surface area contributed by atoms with Crippen LogP contribution in [0, 0.1) is 12.7 Å². The summed E-state index contributed by atoms with van der Waals surface area (Å²) in [5.41, 5.74) is 8.17. The van der Waals surface area contributed by atoms with Gasteiger partial charge in [-0.2, -0.15) is 0 Å². The van der Waals surface area contributed by atoms with Gasteiger partial charge in [-0.05, 0) is 43.0 Å². The van der Waals surface area contributed by atoms with Crippen LogP contribution in [0.3, 0.4) is 0 Å². The monoisotopic (exact) mass is 423 g/mol. The molecule has 3 aromatic rings. The van der Waals surface area contributed by atoms with Crippen molar-refractivity contribution in [2.45, 2.75) is 37.8 Å². The van der Waals surface area contributed by atoms with Crippen molar-refractivity contribution in [3.63, 3.8) is 0 Å². The van der Waals surface area contributed by atoms with Crippen LogP contribution in [0.4, 0.5) is 14.7 Å². The van der Waals surface area contributed by atoms with E-state index in [2.05, 4.69) is 20.3 Å². The number of alkyl halides is 1. The first-order valence-corrected chi connectivity index (χ1v) is 10.1. The first-order valence-electron chi connectivity index (χ1n) is 10.1. The van der Waals surface area contributed by atoms with E-state index in [-0.39, 0.29) is 30.9 Å². The molecule has 1 fully saturated rings. The quantitative estimate of drug-likeness (QED) is 0.607. The molecule has 0 radical (unpaired) electrons. The molecule has 160 valence electrons. The fraction of sp³-hybridized carbons (Fsp3) is 0.304. The third kappa shape index (κ3) is 4.38. The fourth-order valence-corrected chi connectivity index (χ4v) is 4.07. The van der Waals surface area contributed by atoms with Crippen LogP contribution in [0.2, 0.25) is 0 Å². The zero-order chi connectivity index (χ0) is 22.0. The molecular formula is C23H23F2N5O. The summed E-state index contributed by atoms with van der Waals surface area (Å²) in [6.45, 7) is 2.16. The maximum Gasteiger partial charge on any atom is 0.222 e. The number of hydrogen-bond acceptors (Lipinski definition) is 5. The van der Waals surface area contributed by atoms with Crippen molar-refractivity contribution >= 4 is 11.9 Å². The minimum absolute atomic E-state index is 0.191. The number of amides is 1. The third-order valence-corrected chi connectivity index (χ3v) is 5.69. The Morgan fingerprint density at radius 2 is 1.97 bits per heavy atom. The Labute approximate surface area is 179 Å². The van der Waals surface area contributed by atoms with Crippen LogP contribution >= 0.6 is 0 Å². The van der Waals surface area contributed by atoms with Gasteiger partial charge in [-0.3, -0.25) is 9.78 Å². The second-order valence-corrected chi connectivity index (χ2v) is 8.01. The third-order valence-electron chi connectivity index (χ3n) is 5.69. The predicted molar refractivity (Wildman–Crippen MR) is 114 cm³/mol. The Kier molecular flexibility index (Phi) is 5.63. The van der Waals surface area contributed by atoms with Crippen LogP contribution in [-0.2, 0) is 16.6 Å². The largest absolute Gasteiger partial charge is 0.369 e. The van der Waals surface area contributed by atoms with E-state index in [1.54, 1.807) is 6.20 Å². The number of halogens is 2. The molecular weight excluding hydrogens is 400 g/mol. The van der Waals surface area contributed by atoms with Crippen LogP contribution < -0.4 is 11.1 Å². The lowest BCUT2D eigenvalue weighted by Gasteiger charge is -2.43. The normalized spacial score (nSPS) is 20.2. The summed E-state index contributed by atoms with van der Waals surface area (Å²) in [5.74, 6) is -0.412. The second-order valence-electron chi connectivity index (χ2n) is 8.01. The molecule has 1 aromatic carbocycles. The van der Waals surface area contributed by atoms with Crippen molar-refractivity contribution in [2.75, 3.05) is 11.9 Å². The molecule has 1 amide bonds. The van der Waals surface area contributed by atoms with Crippen LogP contribution in [0.1, 0.15) is 29.8 Å². The van der Waals surface area contributed by atoms with Crippen molar-refractivity contribution in [3.05, 3.63) is 71.6 Å². The average Bonchev–Trinajstić information content (AvgIpc) is 2.71. The number of carbonyl (C=O) groups is 1. The molecule has 0 atom stereocenters. The van der Waals surface area contributed by atoms with Gasteiger partial charge in [0.2, 0.25) is 11.9 Å². The zero-order valence-electron chi connectivity index (χ0n) is 17.1. The number of hydrogen-bond donors (Lipinski definition) is 2. The summed E-state index contributed by atoms with van der Waals surface area (Å²) in [4.78, 5) is 24.1. The minimum atomic E-state index is -0.967. The highest BCUT2D eigenvalue weighted by atomic mass is 19.1. The second kappa shape index (κ2) is 8.37. The predicted octanol–water partition coefficient (Wildman–Crippen LogP) is 3.50. The number of pyridine rings is 1. The standard InChI is InChI=1S/C23H23F2N5O/c1-14-18(16-6-4-15(5-7-16)9-20(26)31)12-28-22(30-14)29-13-23(10-17(24)11-23)21-19(25)3-2-8-27-21/h2-8,12,17H,9-11,13H2,1H3,(H2,26,31)(H,28,29,30). The molecule has 0 bridgehead atoms. The van der Waals surface area contributed by atoms with Crippen molar-refractivity contribution < 1.29 is 13.6 Å². The van der Waals surface area contributed by atoms with Gasteiger partial charge < -0.3 is 11.1 Å². The van der Waals surface area contributed by atoms with Crippen LogP contribution in [-0.4, -0.2) is 33.6 Å². The Morgan fingerprint density at radius 3 is 2.58 bits per heavy atom. The van der Waals surface area contributed by atoms with Crippen LogP contribution in [0.5, 0.6) is 0 Å². The molecule has 1 aliphatic rings. The van der Waals surface area contributed by atoms with Crippen molar-refractivity contribution in [3.8, 4) is 11.1 Å². The number of aromatic nitrogens is 3. The highest BCUT2D eigenvalue weighted by Gasteiger charge is 2.48. The number of carbonyl (C=O) groups excluding carboxylic acids is 1. The maximum atomic E-state index is 14.3. The van der Waals surface area contributed by atoms with Gasteiger partial charge in [0.05, 0.1) is 17.8 Å². The lowest BCUT2D eigenvalue weighted by Crippen LogP contribution is -2.49. The molecule has 1 aliphatic carbocycles. The highest BCUT2D eigenvalue weighted by Crippen LogP contribution is 2.45. The Hall–Kier alpha value is -3.42. The summed E-state index contributed by atoms with van der Waals surface area (Å²) < 4.78 is 28.0. The van der Waals surface area contributed by atoms with Gasteiger partial charge in [-0.1, -0.05) is 24.3 Å². The molecule has 0 unspecified atom stereocenters. The summed E-state index contributed by atoms with van der Waals surface area (Å²) in [7, 11) is 0. The SMILES string of the molecule is Cc1nc(NCC2(c3ncccc3F)CC(F)C2)ncc1-c1ccc(CC(N)=O)cc1. The van der Waals surface area contributed by atoms with E-state index in [1.165, 1.54) is 18.3 Å². The van der Waals surface area contributed by atoms with E-state index in [0.29, 0.717) is 12.5 Å². The molecule has 3 N–H and O–H groups in total. The van der Waals surface area contributed by atoms with Gasteiger partial charge in [-0.15, -0.1) is 0 Å². The van der Waals surface area contributed by atoms with Gasteiger partial charge in [0.1, 0.15) is 12.0 Å². The summed E-state index contributed by atoms with van der Waals surface area (Å²) >= 11 is 0. The molecule has 4 rings (SSSR count). The molecule has 31 heavy (non-hydrogen) atoms. The van der Waals surface area contributed by atoms with Gasteiger partial charge in [-0.25, -0.2) is 18.7 Å². The van der Waals surface area contributed by atoms with Crippen LogP contribution in [0.25, 0.3) is 11.1 Å². The lowest BCUT2D eigenvalue weighted by molar-refractivity contribution is -0.117. The van der Waals surface area contributed by atoms with Gasteiger partial charge in [0, 0.05) is 29.9 Å². The van der Waals surface area contributed by atoms with Gasteiger partial charge >= 0.3 is 0 Å². The van der Waals surface area contributed by atoms with E-state index < -0.39 is 17.4 Å². The number of benzene rings is 1. The average molecular weight is 423 g/mol. The number of nitrogens with one attached hydrogen (secondary N) is 1. The van der Waals surface area contributed by atoms with E-state index in [4.69, 9.17) is 5.73 Å². The topological polar surface area (TPSA) is 93.8 Å². The molecule has 0 aliphatic heterocycles. The number of aryl methyl sites for hydroxylation is 1. The summed E-state index contributed by atoms with van der Waals surface area (Å²) in [6, 6.07) is 10.4. The number of anilines is 1. The molecule has 2 aromatic heterocycles. The molecule has 2 heterocycles. The molecule has 0 saturated heterocycles. The van der Waals surface area contributed by atoms with Crippen molar-refractivity contribution in [1.29, 1.82) is 0 Å². The first-order chi connectivity index (χ1) is 14.9. The molecule has 0 spiro atoms. The van der Waals surface area contributed by atoms with E-state index in [1.807, 2.05) is 31.2 Å². The van der Waals surface area contributed by atoms with E-state index in [0.717, 1.165) is 22.4 Å². The first kappa shape index (κ1) is 20.8. The number of nitrogens with two attached hydrogens (primary N) is 1. The number of primary amides is 1. The van der Waals surface area contributed by atoms with E-state index >= 15 is 0 Å². The number of rotatable bonds is 7. The lowest BCUT2D eigenvalue weighted by atomic mass is 9.65. The van der Waals surface area contributed by atoms with E-state index in [9.17, 15) is 13.6 Å². The Balaban J connectivity index is 1.49. The molecule has 8 heteroatoms. The van der Waals surface area contributed by atoms with Crippen molar-refractivity contribution in [1.82, 2.24) is 15.0 Å². The fourth-order valence-electron chi connectivity index (χ4n) is 4.07. The maximum absolute atomic E-state index is 14.3. The smallest absolute Gasteiger partial charge is 0.222 e. The van der Waals surface area contributed by atoms with Gasteiger partial charge in [0.25, 0.3) is 0 Å². The van der Waals surface area contributed by atoms with Crippen molar-refractivity contribution in [2.24, 2.45) is 5.73 Å². The highest BCUT2D eigenvalue weighted by molar-refractivity contribution is 5.77. The minimum Gasteiger partial charge on any atom is -0.369 e. The van der Waals surface area contributed by atoms with Crippen LogP contribution in [0.15, 0.2) is 48.8 Å². The Morgan fingerprint density at radius 1 is 1.23 bits per heavy atom. The summed E-state index contributed by atoms with van der Waals surface area (Å²) in [5, 5.41) is 3.14. The molecule has 6 nitrogen and oxygen atoms in total. The van der Waals surface area contributed by atoms with Gasteiger partial charge in [0.15, 0.2) is 0 Å².